The van der Waals surface area contributed by atoms with Crippen LogP contribution in [-0.2, 0) is 30.3 Å². The molecule has 3 N–H and O–H groups in total. The van der Waals surface area contributed by atoms with Crippen LogP contribution in [0.15, 0.2) is 30.3 Å². The van der Waals surface area contributed by atoms with E-state index in [0.717, 1.165) is 5.56 Å². The van der Waals surface area contributed by atoms with E-state index in [4.69, 9.17) is 14.6 Å². The maximum absolute atomic E-state index is 12.5. The van der Waals surface area contributed by atoms with Crippen molar-refractivity contribution >= 4 is 23.9 Å². The lowest BCUT2D eigenvalue weighted by atomic mass is 10.1. The lowest BCUT2D eigenvalue weighted by Crippen LogP contribution is -2.53. The molecule has 0 aliphatic carbocycles. The molecule has 0 aromatic heterocycles. The van der Waals surface area contributed by atoms with Crippen LogP contribution in [0.2, 0.25) is 0 Å². The molecule has 9 heteroatoms. The Morgan fingerprint density at radius 3 is 2.14 bits per heavy atom. The van der Waals surface area contributed by atoms with Crippen molar-refractivity contribution in [2.45, 2.75) is 51.3 Å². The van der Waals surface area contributed by atoms with Gasteiger partial charge in [0.25, 0.3) is 0 Å². The van der Waals surface area contributed by atoms with Crippen LogP contribution in [0.5, 0.6) is 0 Å². The van der Waals surface area contributed by atoms with E-state index in [-0.39, 0.29) is 6.42 Å². The first-order valence-electron chi connectivity index (χ1n) is 8.65. The summed E-state index contributed by atoms with van der Waals surface area (Å²) in [6.45, 7) is 4.89. The predicted molar refractivity (Wildman–Crippen MR) is 99.5 cm³/mol. The van der Waals surface area contributed by atoms with Gasteiger partial charge < -0.3 is 25.2 Å². The second kappa shape index (κ2) is 10.3. The quantitative estimate of drug-likeness (QED) is 0.566. The van der Waals surface area contributed by atoms with Gasteiger partial charge in [0, 0.05) is 6.42 Å². The monoisotopic (exact) mass is 394 g/mol. The minimum absolute atomic E-state index is 0.144. The molecular weight excluding hydrogens is 368 g/mol. The number of benzene rings is 1. The zero-order chi connectivity index (χ0) is 21.3. The fourth-order valence-corrected chi connectivity index (χ4v) is 2.29. The first-order chi connectivity index (χ1) is 13.0. The summed E-state index contributed by atoms with van der Waals surface area (Å²) in [5.74, 6) is -2.82. The molecule has 0 aliphatic rings. The van der Waals surface area contributed by atoms with Gasteiger partial charge in [-0.3, -0.25) is 9.59 Å². The van der Waals surface area contributed by atoms with Crippen molar-refractivity contribution in [3.8, 4) is 0 Å². The van der Waals surface area contributed by atoms with Gasteiger partial charge in [0.15, 0.2) is 0 Å². The Bertz CT molecular complexity index is 698. The highest BCUT2D eigenvalue weighted by Crippen LogP contribution is 2.08. The van der Waals surface area contributed by atoms with Gasteiger partial charge in [-0.2, -0.15) is 0 Å². The summed E-state index contributed by atoms with van der Waals surface area (Å²) in [7, 11) is 1.18. The van der Waals surface area contributed by atoms with Gasteiger partial charge in [-0.15, -0.1) is 0 Å². The average molecular weight is 394 g/mol. The molecule has 0 spiro atoms. The Morgan fingerprint density at radius 1 is 1.04 bits per heavy atom. The molecule has 9 nitrogen and oxygen atoms in total. The van der Waals surface area contributed by atoms with E-state index >= 15 is 0 Å². The van der Waals surface area contributed by atoms with Crippen molar-refractivity contribution in [1.82, 2.24) is 10.6 Å². The Kier molecular flexibility index (Phi) is 8.43. The van der Waals surface area contributed by atoms with Crippen LogP contribution >= 0.6 is 0 Å². The maximum Gasteiger partial charge on any atom is 0.408 e. The molecule has 2 amide bonds. The molecule has 0 unspecified atom stereocenters. The van der Waals surface area contributed by atoms with Crippen LogP contribution in [0.25, 0.3) is 0 Å². The van der Waals surface area contributed by atoms with E-state index < -0.39 is 48.0 Å². The lowest BCUT2D eigenvalue weighted by molar-refractivity contribution is -0.145. The van der Waals surface area contributed by atoms with E-state index in [0.29, 0.717) is 0 Å². The van der Waals surface area contributed by atoms with Crippen LogP contribution < -0.4 is 10.6 Å². The maximum atomic E-state index is 12.5. The zero-order valence-corrected chi connectivity index (χ0v) is 16.4. The molecule has 1 aromatic carbocycles. The molecule has 28 heavy (non-hydrogen) atoms. The molecule has 1 rings (SSSR count). The van der Waals surface area contributed by atoms with E-state index in [1.165, 1.54) is 7.11 Å². The average Bonchev–Trinajstić information content (AvgIpc) is 2.58. The third kappa shape index (κ3) is 8.52. The number of carboxylic acid groups (broad SMARTS) is 1. The van der Waals surface area contributed by atoms with Crippen molar-refractivity contribution < 1.29 is 33.8 Å². The van der Waals surface area contributed by atoms with Crippen LogP contribution in [0.1, 0.15) is 32.8 Å². The summed E-state index contributed by atoms with van der Waals surface area (Å²) >= 11 is 0. The smallest absolute Gasteiger partial charge is 0.408 e. The number of carboxylic acids is 1. The number of rotatable bonds is 8. The largest absolute Gasteiger partial charge is 0.481 e. The Labute approximate surface area is 163 Å². The summed E-state index contributed by atoms with van der Waals surface area (Å²) in [4.78, 5) is 47.6. The topological polar surface area (TPSA) is 131 Å². The standard InChI is InChI=1S/C19H26N2O7/c1-19(2,3)28-18(26)21-13(11-15(22)23)16(24)20-14(17(25)27-4)10-12-8-6-5-7-9-12/h5-9,13-14H,10-11H2,1-4H3,(H,20,24)(H,21,26)(H,22,23)/t13-,14+/m0/s1. The summed E-state index contributed by atoms with van der Waals surface area (Å²) in [5, 5.41) is 13.7. The third-order valence-electron chi connectivity index (χ3n) is 3.47. The molecule has 2 atom stereocenters. The lowest BCUT2D eigenvalue weighted by Gasteiger charge is -2.24. The Morgan fingerprint density at radius 2 is 1.64 bits per heavy atom. The highest BCUT2D eigenvalue weighted by atomic mass is 16.6. The van der Waals surface area contributed by atoms with Gasteiger partial charge in [0.05, 0.1) is 13.5 Å². The van der Waals surface area contributed by atoms with Gasteiger partial charge in [0.2, 0.25) is 5.91 Å². The van der Waals surface area contributed by atoms with Crippen LogP contribution in [0, 0.1) is 0 Å². The van der Waals surface area contributed by atoms with Crippen molar-refractivity contribution in [1.29, 1.82) is 0 Å². The number of carbonyl (C=O) groups excluding carboxylic acids is 3. The second-order valence-electron chi connectivity index (χ2n) is 7.07. The van der Waals surface area contributed by atoms with E-state index in [9.17, 15) is 19.2 Å². The van der Waals surface area contributed by atoms with E-state index in [2.05, 4.69) is 10.6 Å². The normalized spacial score (nSPS) is 13.0. The Balaban J connectivity index is 2.90. The molecule has 0 bridgehead atoms. The number of alkyl carbamates (subject to hydrolysis) is 1. The number of methoxy groups -OCH3 is 1. The molecule has 0 fully saturated rings. The molecule has 154 valence electrons. The SMILES string of the molecule is COC(=O)[C@@H](Cc1ccccc1)NC(=O)[C@H](CC(=O)O)NC(=O)OC(C)(C)C. The van der Waals surface area contributed by atoms with Crippen LogP contribution in [-0.4, -0.2) is 53.8 Å². The Hall–Kier alpha value is -3.10. The first kappa shape index (κ1) is 22.9. The number of hydrogen-bond acceptors (Lipinski definition) is 6. The van der Waals surface area contributed by atoms with E-state index in [1.54, 1.807) is 45.0 Å². The number of amides is 2. The highest BCUT2D eigenvalue weighted by Gasteiger charge is 2.30. The minimum Gasteiger partial charge on any atom is -0.481 e. The number of esters is 1. The fourth-order valence-electron chi connectivity index (χ4n) is 2.29. The zero-order valence-electron chi connectivity index (χ0n) is 16.4. The van der Waals surface area contributed by atoms with Crippen molar-refractivity contribution in [3.05, 3.63) is 35.9 Å². The van der Waals surface area contributed by atoms with Gasteiger partial charge in [-0.05, 0) is 26.3 Å². The number of aliphatic carboxylic acids is 1. The van der Waals surface area contributed by atoms with Crippen molar-refractivity contribution in [2.75, 3.05) is 7.11 Å². The van der Waals surface area contributed by atoms with Gasteiger partial charge in [-0.1, -0.05) is 30.3 Å². The minimum atomic E-state index is -1.42. The number of nitrogens with one attached hydrogen (secondary N) is 2. The number of carbonyl (C=O) groups is 4. The van der Waals surface area contributed by atoms with Crippen LogP contribution in [0.4, 0.5) is 4.79 Å². The summed E-state index contributed by atoms with van der Waals surface area (Å²) < 4.78 is 9.77. The number of hydrogen-bond donors (Lipinski definition) is 3. The predicted octanol–water partition coefficient (Wildman–Crippen LogP) is 1.25. The fraction of sp³-hybridized carbons (Fsp3) is 0.474. The van der Waals surface area contributed by atoms with Gasteiger partial charge in [-0.25, -0.2) is 9.59 Å². The summed E-state index contributed by atoms with van der Waals surface area (Å²) in [6, 6.07) is 6.45. The summed E-state index contributed by atoms with van der Waals surface area (Å²) in [5.41, 5.74) is -0.0518. The molecule has 0 radical (unpaired) electrons. The molecule has 1 aromatic rings. The molecule has 0 aliphatic heterocycles. The second-order valence-corrected chi connectivity index (χ2v) is 7.07. The molecule has 0 saturated carbocycles. The molecule has 0 saturated heterocycles. The summed E-state index contributed by atoms with van der Waals surface area (Å²) in [6.07, 6.45) is -1.47. The molecular formula is C19H26N2O7. The van der Waals surface area contributed by atoms with Gasteiger partial charge in [0.1, 0.15) is 17.7 Å². The third-order valence-corrected chi connectivity index (χ3v) is 3.47. The van der Waals surface area contributed by atoms with Gasteiger partial charge >= 0.3 is 18.0 Å². The highest BCUT2D eigenvalue weighted by molar-refractivity contribution is 5.92. The molecule has 0 heterocycles. The van der Waals surface area contributed by atoms with E-state index in [1.807, 2.05) is 6.07 Å². The van der Waals surface area contributed by atoms with Crippen LogP contribution in [0.3, 0.4) is 0 Å². The van der Waals surface area contributed by atoms with Crippen molar-refractivity contribution in [3.63, 3.8) is 0 Å². The first-order valence-corrected chi connectivity index (χ1v) is 8.65. The number of ether oxygens (including phenoxy) is 2. The van der Waals surface area contributed by atoms with Crippen molar-refractivity contribution in [2.24, 2.45) is 0 Å².